The van der Waals surface area contributed by atoms with Crippen LogP contribution in [0, 0.1) is 5.92 Å². The van der Waals surface area contributed by atoms with Gasteiger partial charge in [0.05, 0.1) is 18.1 Å². The Morgan fingerprint density at radius 1 is 1.42 bits per heavy atom. The first-order valence-corrected chi connectivity index (χ1v) is 9.65. The molecule has 0 unspecified atom stereocenters. The van der Waals surface area contributed by atoms with E-state index >= 15 is 0 Å². The molecule has 2 rings (SSSR count). The highest BCUT2D eigenvalue weighted by Gasteiger charge is 2.13. The minimum atomic E-state index is -0.0554. The van der Waals surface area contributed by atoms with Crippen molar-refractivity contribution in [2.45, 2.75) is 32.0 Å². The van der Waals surface area contributed by atoms with E-state index in [4.69, 9.17) is 11.6 Å². The number of anilines is 1. The summed E-state index contributed by atoms with van der Waals surface area (Å²) in [6.45, 7) is 6.16. The zero-order valence-corrected chi connectivity index (χ0v) is 15.7. The molecule has 0 spiro atoms. The molecule has 9 heteroatoms. The molecule has 2 N–H and O–H groups in total. The maximum absolute atomic E-state index is 11.5. The fourth-order valence-electron chi connectivity index (χ4n) is 2.10. The summed E-state index contributed by atoms with van der Waals surface area (Å²) < 4.78 is 1.79. The van der Waals surface area contributed by atoms with Crippen molar-refractivity contribution >= 4 is 46.1 Å². The second kappa shape index (κ2) is 9.08. The minimum Gasteiger partial charge on any atom is -0.369 e. The SMILES string of the molecule is CSc1nc(NCC(C)C)c2cnn(CCNC(=O)CCCl)c2n1. The standard InChI is InChI=1S/C15H23ClN6OS/c1-10(2)8-18-13-11-9-19-22(7-6-17-12(23)4-5-16)14(11)21-15(20-13)24-3/h9-10H,4-8H2,1-3H3,(H,17,23)(H,18,20,21). The van der Waals surface area contributed by atoms with Gasteiger partial charge in [-0.3, -0.25) is 4.79 Å². The van der Waals surface area contributed by atoms with Crippen molar-refractivity contribution < 1.29 is 4.79 Å². The minimum absolute atomic E-state index is 0.0554. The van der Waals surface area contributed by atoms with Gasteiger partial charge in [-0.1, -0.05) is 25.6 Å². The van der Waals surface area contributed by atoms with Crippen LogP contribution < -0.4 is 10.6 Å². The average molecular weight is 371 g/mol. The van der Waals surface area contributed by atoms with Crippen molar-refractivity contribution in [2.75, 3.05) is 30.5 Å². The number of nitrogens with one attached hydrogen (secondary N) is 2. The van der Waals surface area contributed by atoms with E-state index in [1.807, 2.05) is 6.26 Å². The number of aromatic nitrogens is 4. The van der Waals surface area contributed by atoms with E-state index in [-0.39, 0.29) is 5.91 Å². The van der Waals surface area contributed by atoms with E-state index in [1.54, 1.807) is 10.9 Å². The highest BCUT2D eigenvalue weighted by Crippen LogP contribution is 2.23. The summed E-state index contributed by atoms with van der Waals surface area (Å²) >= 11 is 7.04. The smallest absolute Gasteiger partial charge is 0.221 e. The van der Waals surface area contributed by atoms with Gasteiger partial charge in [0.25, 0.3) is 0 Å². The van der Waals surface area contributed by atoms with Crippen LogP contribution in [0.3, 0.4) is 0 Å². The van der Waals surface area contributed by atoms with E-state index in [1.165, 1.54) is 11.8 Å². The van der Waals surface area contributed by atoms with Crippen molar-refractivity contribution in [3.8, 4) is 0 Å². The topological polar surface area (TPSA) is 84.7 Å². The van der Waals surface area contributed by atoms with Gasteiger partial charge in [-0.25, -0.2) is 14.6 Å². The van der Waals surface area contributed by atoms with Crippen LogP contribution in [0.5, 0.6) is 0 Å². The summed E-state index contributed by atoms with van der Waals surface area (Å²) in [5.41, 5.74) is 0.771. The molecule has 24 heavy (non-hydrogen) atoms. The van der Waals surface area contributed by atoms with Gasteiger partial charge in [-0.15, -0.1) is 11.6 Å². The first kappa shape index (κ1) is 18.8. The molecule has 7 nitrogen and oxygen atoms in total. The summed E-state index contributed by atoms with van der Waals surface area (Å²) in [7, 11) is 0. The molecule has 0 saturated carbocycles. The molecule has 2 aromatic rings. The number of hydrogen-bond acceptors (Lipinski definition) is 6. The number of carbonyl (C=O) groups excluding carboxylic acids is 1. The van der Waals surface area contributed by atoms with Crippen LogP contribution in [0.15, 0.2) is 11.4 Å². The molecule has 0 saturated heterocycles. The number of fused-ring (bicyclic) bond motifs is 1. The quantitative estimate of drug-likeness (QED) is 0.400. The zero-order chi connectivity index (χ0) is 17.5. The van der Waals surface area contributed by atoms with Crippen molar-refractivity contribution in [3.05, 3.63) is 6.20 Å². The highest BCUT2D eigenvalue weighted by atomic mass is 35.5. The molecule has 132 valence electrons. The maximum Gasteiger partial charge on any atom is 0.221 e. The Hall–Kier alpha value is -1.54. The van der Waals surface area contributed by atoms with Gasteiger partial charge in [0.1, 0.15) is 5.82 Å². The number of alkyl halides is 1. The lowest BCUT2D eigenvalue weighted by Gasteiger charge is -2.10. The number of hydrogen-bond donors (Lipinski definition) is 2. The largest absolute Gasteiger partial charge is 0.369 e. The number of thioether (sulfide) groups is 1. The van der Waals surface area contributed by atoms with Crippen molar-refractivity contribution in [2.24, 2.45) is 5.92 Å². The van der Waals surface area contributed by atoms with Crippen molar-refractivity contribution in [1.29, 1.82) is 0 Å². The molecule has 0 aliphatic carbocycles. The second-order valence-corrected chi connectivity index (χ2v) is 6.88. The van der Waals surface area contributed by atoms with Crippen molar-refractivity contribution in [3.63, 3.8) is 0 Å². The molecular weight excluding hydrogens is 348 g/mol. The number of carbonyl (C=O) groups is 1. The van der Waals surface area contributed by atoms with Gasteiger partial charge in [0.2, 0.25) is 5.91 Å². The Labute approximate surface area is 150 Å². The Bertz CT molecular complexity index is 690. The van der Waals surface area contributed by atoms with Gasteiger partial charge in [-0.05, 0) is 12.2 Å². The van der Waals surface area contributed by atoms with Crippen molar-refractivity contribution in [1.82, 2.24) is 25.1 Å². The first-order valence-electron chi connectivity index (χ1n) is 7.89. The molecule has 0 aliphatic rings. The van der Waals surface area contributed by atoms with E-state index in [0.717, 1.165) is 23.4 Å². The van der Waals surface area contributed by atoms with Crippen LogP contribution in [0.25, 0.3) is 11.0 Å². The lowest BCUT2D eigenvalue weighted by atomic mass is 10.2. The van der Waals surface area contributed by atoms with E-state index in [9.17, 15) is 4.79 Å². The molecule has 0 bridgehead atoms. The molecule has 0 atom stereocenters. The Morgan fingerprint density at radius 2 is 2.21 bits per heavy atom. The molecule has 2 heterocycles. The molecule has 0 aromatic carbocycles. The van der Waals surface area contributed by atoms with Gasteiger partial charge >= 0.3 is 0 Å². The first-order chi connectivity index (χ1) is 11.5. The van der Waals surface area contributed by atoms with E-state index < -0.39 is 0 Å². The van der Waals surface area contributed by atoms with Crippen LogP contribution in [-0.2, 0) is 11.3 Å². The third kappa shape index (κ3) is 4.98. The Balaban J connectivity index is 2.16. The summed E-state index contributed by atoms with van der Waals surface area (Å²) in [4.78, 5) is 20.6. The van der Waals surface area contributed by atoms with E-state index in [2.05, 4.69) is 39.5 Å². The average Bonchev–Trinajstić information content (AvgIpc) is 2.96. The number of nitrogens with zero attached hydrogens (tertiary/aromatic N) is 4. The normalized spacial score (nSPS) is 11.2. The van der Waals surface area contributed by atoms with Crippen LogP contribution in [0.4, 0.5) is 5.82 Å². The fraction of sp³-hybridized carbons (Fsp3) is 0.600. The molecular formula is C15H23ClN6OS. The summed E-state index contributed by atoms with van der Waals surface area (Å²) in [5, 5.41) is 12.2. The van der Waals surface area contributed by atoms with Gasteiger partial charge in [0.15, 0.2) is 10.8 Å². The molecule has 0 radical (unpaired) electrons. The van der Waals surface area contributed by atoms with E-state index in [0.29, 0.717) is 36.5 Å². The molecule has 0 aliphatic heterocycles. The fourth-order valence-corrected chi connectivity index (χ4v) is 2.63. The summed E-state index contributed by atoms with van der Waals surface area (Å²) in [5.74, 6) is 1.58. The second-order valence-electron chi connectivity index (χ2n) is 5.73. The van der Waals surface area contributed by atoms with Crippen LogP contribution in [0.1, 0.15) is 20.3 Å². The van der Waals surface area contributed by atoms with Crippen LogP contribution >= 0.6 is 23.4 Å². The predicted molar refractivity (Wildman–Crippen MR) is 98.8 cm³/mol. The number of amides is 1. The van der Waals surface area contributed by atoms with Gasteiger partial charge < -0.3 is 10.6 Å². The van der Waals surface area contributed by atoms with Gasteiger partial charge in [-0.2, -0.15) is 5.10 Å². The maximum atomic E-state index is 11.5. The highest BCUT2D eigenvalue weighted by molar-refractivity contribution is 7.98. The van der Waals surface area contributed by atoms with Crippen LogP contribution in [-0.4, -0.2) is 50.9 Å². The summed E-state index contributed by atoms with van der Waals surface area (Å²) in [6, 6.07) is 0. The number of halogens is 1. The lowest BCUT2D eigenvalue weighted by Crippen LogP contribution is -2.27. The predicted octanol–water partition coefficient (Wildman–Crippen LogP) is 2.36. The lowest BCUT2D eigenvalue weighted by molar-refractivity contribution is -0.120. The molecule has 1 amide bonds. The summed E-state index contributed by atoms with van der Waals surface area (Å²) in [6.07, 6.45) is 4.03. The molecule has 2 aromatic heterocycles. The number of rotatable bonds is 9. The Morgan fingerprint density at radius 3 is 2.88 bits per heavy atom. The van der Waals surface area contributed by atoms with Gasteiger partial charge in [0, 0.05) is 25.4 Å². The zero-order valence-electron chi connectivity index (χ0n) is 14.2. The van der Waals surface area contributed by atoms with Crippen LogP contribution in [0.2, 0.25) is 0 Å². The third-order valence-electron chi connectivity index (χ3n) is 3.30. The molecule has 0 fully saturated rings. The monoisotopic (exact) mass is 370 g/mol. The Kier molecular flexibility index (Phi) is 7.11. The third-order valence-corrected chi connectivity index (χ3v) is 4.04.